The molecule has 0 spiro atoms. The Bertz CT molecular complexity index is 802. The van der Waals surface area contributed by atoms with Gasteiger partial charge in [-0.25, -0.2) is 0 Å². The van der Waals surface area contributed by atoms with Gasteiger partial charge in [0.2, 0.25) is 0 Å². The van der Waals surface area contributed by atoms with Crippen LogP contribution >= 0.6 is 0 Å². The summed E-state index contributed by atoms with van der Waals surface area (Å²) in [5.74, 6) is -0.737. The predicted octanol–water partition coefficient (Wildman–Crippen LogP) is 4.50. The molecule has 0 aromatic heterocycles. The van der Waals surface area contributed by atoms with Crippen LogP contribution in [0.25, 0.3) is 0 Å². The maximum Gasteiger partial charge on any atom is 0.151 e. The average Bonchev–Trinajstić information content (AvgIpc) is 2.87. The van der Waals surface area contributed by atoms with Crippen molar-refractivity contribution in [2.45, 2.75) is 85.2 Å². The molecule has 1 fully saturated rings. The Hall–Kier alpha value is -1.97. The fourth-order valence-corrected chi connectivity index (χ4v) is 4.79. The Morgan fingerprint density at radius 1 is 0.963 bits per heavy atom. The molecule has 0 saturated heterocycles. The zero-order valence-corrected chi connectivity index (χ0v) is 17.3. The first-order chi connectivity index (χ1) is 12.7. The lowest BCUT2D eigenvalue weighted by Crippen LogP contribution is -2.38. The van der Waals surface area contributed by atoms with Gasteiger partial charge in [0.25, 0.3) is 0 Å². The highest BCUT2D eigenvalue weighted by atomic mass is 16.5. The molecular weight excluding hydrogens is 340 g/mol. The molecular formula is C23H30O4. The largest absolute Gasteiger partial charge is 0.489 e. The highest BCUT2D eigenvalue weighted by molar-refractivity contribution is 6.21. The lowest BCUT2D eigenvalue weighted by atomic mass is 9.72. The van der Waals surface area contributed by atoms with Gasteiger partial charge in [0.05, 0.1) is 0 Å². The number of hydrogen-bond acceptors (Lipinski definition) is 4. The van der Waals surface area contributed by atoms with Gasteiger partial charge in [0.15, 0.2) is 17.3 Å². The summed E-state index contributed by atoms with van der Waals surface area (Å²) in [6, 6.07) is 0. The van der Waals surface area contributed by atoms with E-state index >= 15 is 0 Å². The van der Waals surface area contributed by atoms with Crippen LogP contribution in [-0.2, 0) is 14.4 Å². The number of ether oxygens (including phenoxy) is 1. The van der Waals surface area contributed by atoms with Gasteiger partial charge in [-0.3, -0.25) is 14.4 Å². The van der Waals surface area contributed by atoms with Crippen molar-refractivity contribution in [3.05, 3.63) is 27.8 Å². The van der Waals surface area contributed by atoms with E-state index in [0.29, 0.717) is 12.8 Å². The number of fused-ring (bicyclic) bond motifs is 1. The van der Waals surface area contributed by atoms with Gasteiger partial charge >= 0.3 is 0 Å². The van der Waals surface area contributed by atoms with Crippen molar-refractivity contribution in [1.29, 1.82) is 0 Å². The number of ketones is 3. The Morgan fingerprint density at radius 2 is 1.52 bits per heavy atom. The standard InChI is InChI=1S/C23H30O4/c1-7-8-17(24)22-18(25)9-16(10-19(22)26)21-13(4)11(2)12(3)20-14(5)15(6)27-23(20)21/h14-16,22H,7-10H2,1-6H3. The van der Waals surface area contributed by atoms with Gasteiger partial charge < -0.3 is 4.74 Å². The first-order valence-corrected chi connectivity index (χ1v) is 10.1. The SMILES string of the molecule is CCCC(=O)C1C(=O)CC(c2c(C)c(C)c(C)c3c2OC(C)C3C)CC1=O. The molecule has 1 aromatic rings. The Morgan fingerprint density at radius 3 is 2.07 bits per heavy atom. The molecule has 2 aliphatic rings. The molecule has 0 bridgehead atoms. The second-order valence-electron chi connectivity index (χ2n) is 8.33. The van der Waals surface area contributed by atoms with Crippen LogP contribution in [-0.4, -0.2) is 23.5 Å². The molecule has 1 aliphatic heterocycles. The van der Waals surface area contributed by atoms with Crippen LogP contribution < -0.4 is 4.74 Å². The molecule has 2 atom stereocenters. The molecule has 0 amide bonds. The summed E-state index contributed by atoms with van der Waals surface area (Å²) in [7, 11) is 0. The topological polar surface area (TPSA) is 60.4 Å². The monoisotopic (exact) mass is 370 g/mol. The molecule has 27 heavy (non-hydrogen) atoms. The number of carbonyl (C=O) groups excluding carboxylic acids is 3. The summed E-state index contributed by atoms with van der Waals surface area (Å²) in [6.45, 7) is 12.4. The van der Waals surface area contributed by atoms with E-state index in [2.05, 4.69) is 34.6 Å². The molecule has 0 radical (unpaired) electrons. The Labute approximate surface area is 161 Å². The molecule has 1 heterocycles. The summed E-state index contributed by atoms with van der Waals surface area (Å²) >= 11 is 0. The predicted molar refractivity (Wildman–Crippen MR) is 105 cm³/mol. The molecule has 1 aliphatic carbocycles. The van der Waals surface area contributed by atoms with Crippen LogP contribution in [0.1, 0.15) is 86.1 Å². The van der Waals surface area contributed by atoms with Gasteiger partial charge in [0.1, 0.15) is 17.8 Å². The number of rotatable bonds is 4. The van der Waals surface area contributed by atoms with Gasteiger partial charge in [0, 0.05) is 42.2 Å². The third-order valence-corrected chi connectivity index (χ3v) is 6.65. The lowest BCUT2D eigenvalue weighted by Gasteiger charge is -2.29. The minimum absolute atomic E-state index is 0.0764. The van der Waals surface area contributed by atoms with E-state index in [-0.39, 0.29) is 48.1 Å². The first kappa shape index (κ1) is 19.8. The van der Waals surface area contributed by atoms with Gasteiger partial charge in [-0.05, 0) is 50.8 Å². The summed E-state index contributed by atoms with van der Waals surface area (Å²) in [5, 5.41) is 0. The van der Waals surface area contributed by atoms with Crippen LogP contribution in [0, 0.1) is 26.7 Å². The van der Waals surface area contributed by atoms with Crippen molar-refractivity contribution in [2.75, 3.05) is 0 Å². The maximum absolute atomic E-state index is 12.7. The van der Waals surface area contributed by atoms with Crippen molar-refractivity contribution < 1.29 is 19.1 Å². The van der Waals surface area contributed by atoms with Crippen molar-refractivity contribution in [2.24, 2.45) is 5.92 Å². The highest BCUT2D eigenvalue weighted by Crippen LogP contribution is 2.50. The average molecular weight is 370 g/mol. The molecule has 4 nitrogen and oxygen atoms in total. The van der Waals surface area contributed by atoms with Crippen LogP contribution in [0.15, 0.2) is 0 Å². The van der Waals surface area contributed by atoms with Crippen LogP contribution in [0.3, 0.4) is 0 Å². The van der Waals surface area contributed by atoms with Crippen molar-refractivity contribution in [3.8, 4) is 5.75 Å². The van der Waals surface area contributed by atoms with Crippen LogP contribution in [0.5, 0.6) is 5.75 Å². The van der Waals surface area contributed by atoms with Crippen molar-refractivity contribution in [3.63, 3.8) is 0 Å². The molecule has 2 unspecified atom stereocenters. The van der Waals surface area contributed by atoms with Crippen molar-refractivity contribution in [1.82, 2.24) is 0 Å². The third kappa shape index (κ3) is 3.13. The van der Waals surface area contributed by atoms with Gasteiger partial charge in [-0.1, -0.05) is 13.8 Å². The van der Waals surface area contributed by atoms with Gasteiger partial charge in [-0.2, -0.15) is 0 Å². The molecule has 3 rings (SSSR count). The Balaban J connectivity index is 2.02. The lowest BCUT2D eigenvalue weighted by molar-refractivity contribution is -0.142. The zero-order valence-electron chi connectivity index (χ0n) is 17.3. The summed E-state index contributed by atoms with van der Waals surface area (Å²) in [5.41, 5.74) is 5.78. The highest BCUT2D eigenvalue weighted by Gasteiger charge is 2.43. The zero-order chi connectivity index (χ0) is 20.0. The molecule has 0 N–H and O–H groups in total. The molecule has 1 aromatic carbocycles. The van der Waals surface area contributed by atoms with Gasteiger partial charge in [-0.15, -0.1) is 0 Å². The molecule has 146 valence electrons. The second kappa shape index (κ2) is 7.21. The van der Waals surface area contributed by atoms with Crippen LogP contribution in [0.2, 0.25) is 0 Å². The number of hydrogen-bond donors (Lipinski definition) is 0. The molecule has 1 saturated carbocycles. The Kier molecular flexibility index (Phi) is 5.29. The molecule has 4 heteroatoms. The summed E-state index contributed by atoms with van der Waals surface area (Å²) in [4.78, 5) is 37.7. The van der Waals surface area contributed by atoms with E-state index in [9.17, 15) is 14.4 Å². The number of benzene rings is 1. The minimum Gasteiger partial charge on any atom is -0.489 e. The van der Waals surface area contributed by atoms with E-state index in [4.69, 9.17) is 4.74 Å². The van der Waals surface area contributed by atoms with Crippen LogP contribution in [0.4, 0.5) is 0 Å². The van der Waals surface area contributed by atoms with E-state index < -0.39 is 5.92 Å². The fourth-order valence-electron chi connectivity index (χ4n) is 4.79. The fraction of sp³-hybridized carbons (Fsp3) is 0.609. The normalized spacial score (nSPS) is 27.5. The van der Waals surface area contributed by atoms with E-state index in [1.165, 1.54) is 16.7 Å². The van der Waals surface area contributed by atoms with E-state index in [1.807, 2.05) is 6.92 Å². The number of carbonyl (C=O) groups is 3. The maximum atomic E-state index is 12.7. The first-order valence-electron chi connectivity index (χ1n) is 10.1. The number of Topliss-reactive ketones (excluding diaryl/α,β-unsaturated/α-hetero) is 3. The summed E-state index contributed by atoms with van der Waals surface area (Å²) < 4.78 is 6.21. The summed E-state index contributed by atoms with van der Waals surface area (Å²) in [6.07, 6.45) is 1.52. The quantitative estimate of drug-likeness (QED) is 0.732. The van der Waals surface area contributed by atoms with Crippen molar-refractivity contribution >= 4 is 17.3 Å². The minimum atomic E-state index is -1.04. The second-order valence-corrected chi connectivity index (χ2v) is 8.33. The smallest absolute Gasteiger partial charge is 0.151 e. The van der Waals surface area contributed by atoms with E-state index in [0.717, 1.165) is 16.9 Å². The third-order valence-electron chi connectivity index (χ3n) is 6.65. The van der Waals surface area contributed by atoms with E-state index in [1.54, 1.807) is 0 Å².